The molecule has 348 valence electrons. The number of rotatable bonds is 44. The normalized spacial score (nSPS) is 13.3. The molecule has 0 N–H and O–H groups in total. The van der Waals surface area contributed by atoms with Crippen molar-refractivity contribution < 1.29 is 38.2 Å². The molecule has 0 aliphatic heterocycles. The van der Waals surface area contributed by atoms with Gasteiger partial charge in [0.2, 0.25) is 0 Å². The van der Waals surface area contributed by atoms with Crippen molar-refractivity contribution in [3.8, 4) is 0 Å². The number of ether oxygens (including phenoxy) is 3. The van der Waals surface area contributed by atoms with E-state index in [4.69, 9.17) is 14.2 Å². The van der Waals surface area contributed by atoms with Crippen LogP contribution in [-0.2, 0) is 28.6 Å². The second-order valence-corrected chi connectivity index (χ2v) is 17.7. The van der Waals surface area contributed by atoms with Gasteiger partial charge in [0.25, 0.3) is 0 Å². The Labute approximate surface area is 369 Å². The Balaban J connectivity index is 4.27. The summed E-state index contributed by atoms with van der Waals surface area (Å²) in [5, 5.41) is 11.6. The van der Waals surface area contributed by atoms with Crippen molar-refractivity contribution in [2.45, 2.75) is 225 Å². The van der Waals surface area contributed by atoms with Gasteiger partial charge in [-0.1, -0.05) is 191 Å². The number of unbranched alkanes of at least 4 members (excludes halogenated alkanes) is 22. The Hall–Kier alpha value is -2.71. The maximum Gasteiger partial charge on any atom is 0.306 e. The highest BCUT2D eigenvalue weighted by molar-refractivity contribution is 5.70. The molecule has 0 fully saturated rings. The maximum atomic E-state index is 12.8. The van der Waals surface area contributed by atoms with Gasteiger partial charge in [0, 0.05) is 19.3 Å². The highest BCUT2D eigenvalue weighted by atomic mass is 16.6. The van der Waals surface area contributed by atoms with Gasteiger partial charge in [-0.3, -0.25) is 9.59 Å². The van der Waals surface area contributed by atoms with E-state index < -0.39 is 18.1 Å². The Morgan fingerprint density at radius 1 is 0.517 bits per heavy atom. The lowest BCUT2D eigenvalue weighted by atomic mass is 10.0. The van der Waals surface area contributed by atoms with E-state index in [0.717, 1.165) is 70.6 Å². The molecule has 8 heteroatoms. The Morgan fingerprint density at radius 2 is 0.933 bits per heavy atom. The zero-order valence-corrected chi connectivity index (χ0v) is 39.6. The van der Waals surface area contributed by atoms with E-state index >= 15 is 0 Å². The zero-order chi connectivity index (χ0) is 44.2. The number of quaternary nitrogens is 1. The molecule has 0 saturated heterocycles. The molecule has 60 heavy (non-hydrogen) atoms. The van der Waals surface area contributed by atoms with Crippen molar-refractivity contribution in [3.05, 3.63) is 48.6 Å². The predicted octanol–water partition coefficient (Wildman–Crippen LogP) is 12.6. The third kappa shape index (κ3) is 40.7. The minimum Gasteiger partial charge on any atom is -0.544 e. The van der Waals surface area contributed by atoms with E-state index in [9.17, 15) is 19.5 Å². The summed E-state index contributed by atoms with van der Waals surface area (Å²) < 4.78 is 17.2. The first-order valence-electron chi connectivity index (χ1n) is 24.7. The SMILES string of the molecule is CC/C=C\C/C=C\C/C=C\C/C=C\CCCCCCCCCCC(=O)OC(COCCC(C(=O)[O-])[N+](C)(C)C)COC(=O)CCCCCCCCCCCCCCCCC. The highest BCUT2D eigenvalue weighted by Crippen LogP contribution is 2.15. The first kappa shape index (κ1) is 57.3. The van der Waals surface area contributed by atoms with Crippen molar-refractivity contribution in [1.29, 1.82) is 0 Å². The van der Waals surface area contributed by atoms with E-state index in [1.54, 1.807) is 21.1 Å². The van der Waals surface area contributed by atoms with Crippen LogP contribution in [0.1, 0.15) is 213 Å². The van der Waals surface area contributed by atoms with Gasteiger partial charge in [-0.2, -0.15) is 0 Å². The largest absolute Gasteiger partial charge is 0.544 e. The molecule has 0 aromatic carbocycles. The van der Waals surface area contributed by atoms with Crippen molar-refractivity contribution in [2.24, 2.45) is 0 Å². The zero-order valence-electron chi connectivity index (χ0n) is 39.6. The van der Waals surface area contributed by atoms with Crippen molar-refractivity contribution >= 4 is 17.9 Å². The van der Waals surface area contributed by atoms with Crippen LogP contribution >= 0.6 is 0 Å². The van der Waals surface area contributed by atoms with Crippen LogP contribution in [0.25, 0.3) is 0 Å². The van der Waals surface area contributed by atoms with Crippen molar-refractivity contribution in [1.82, 2.24) is 0 Å². The molecular formula is C52H93NO7. The fourth-order valence-electron chi connectivity index (χ4n) is 7.18. The van der Waals surface area contributed by atoms with Gasteiger partial charge in [-0.25, -0.2) is 0 Å². The van der Waals surface area contributed by atoms with Crippen LogP contribution in [-0.4, -0.2) is 75.5 Å². The smallest absolute Gasteiger partial charge is 0.306 e. The molecule has 0 aliphatic rings. The lowest BCUT2D eigenvalue weighted by molar-refractivity contribution is -0.889. The minimum atomic E-state index is -1.13. The van der Waals surface area contributed by atoms with Gasteiger partial charge in [-0.05, 0) is 51.4 Å². The van der Waals surface area contributed by atoms with Crippen molar-refractivity contribution in [3.63, 3.8) is 0 Å². The number of hydrogen-bond donors (Lipinski definition) is 0. The molecular weight excluding hydrogens is 751 g/mol. The fourth-order valence-corrected chi connectivity index (χ4v) is 7.18. The molecule has 0 aromatic heterocycles. The molecule has 0 heterocycles. The fraction of sp³-hybridized carbons (Fsp3) is 0.788. The topological polar surface area (TPSA) is 102 Å². The Bertz CT molecular complexity index is 1120. The minimum absolute atomic E-state index is 0.0389. The average Bonchev–Trinajstić information content (AvgIpc) is 3.21. The molecule has 0 radical (unpaired) electrons. The number of likely N-dealkylation sites (N-methyl/N-ethyl adjacent to an activating group) is 1. The third-order valence-electron chi connectivity index (χ3n) is 11.0. The number of hydrogen-bond acceptors (Lipinski definition) is 7. The molecule has 0 aliphatic carbocycles. The molecule has 8 nitrogen and oxygen atoms in total. The van der Waals surface area contributed by atoms with Crippen LogP contribution in [0.5, 0.6) is 0 Å². The van der Waals surface area contributed by atoms with Crippen LogP contribution in [0.2, 0.25) is 0 Å². The Morgan fingerprint density at radius 3 is 1.38 bits per heavy atom. The summed E-state index contributed by atoms with van der Waals surface area (Å²) in [6, 6.07) is -0.727. The van der Waals surface area contributed by atoms with Crippen LogP contribution in [0, 0.1) is 0 Å². The molecule has 0 spiro atoms. The van der Waals surface area contributed by atoms with Crippen LogP contribution < -0.4 is 5.11 Å². The molecule has 2 unspecified atom stereocenters. The van der Waals surface area contributed by atoms with E-state index in [-0.39, 0.29) is 42.7 Å². The number of carboxylic acid groups (broad SMARTS) is 1. The maximum absolute atomic E-state index is 12.8. The second-order valence-electron chi connectivity index (χ2n) is 17.7. The quantitative estimate of drug-likeness (QED) is 0.0260. The van der Waals surface area contributed by atoms with Gasteiger partial charge in [-0.15, -0.1) is 0 Å². The van der Waals surface area contributed by atoms with E-state index in [2.05, 4.69) is 62.5 Å². The number of carboxylic acids is 1. The van der Waals surface area contributed by atoms with Gasteiger partial charge in [0.05, 0.1) is 40.3 Å². The van der Waals surface area contributed by atoms with Gasteiger partial charge in [0.1, 0.15) is 12.6 Å². The number of carbonyl (C=O) groups is 3. The lowest BCUT2D eigenvalue weighted by Crippen LogP contribution is -2.55. The monoisotopic (exact) mass is 844 g/mol. The predicted molar refractivity (Wildman–Crippen MR) is 250 cm³/mol. The van der Waals surface area contributed by atoms with Crippen LogP contribution in [0.4, 0.5) is 0 Å². The molecule has 0 saturated carbocycles. The number of carbonyl (C=O) groups excluding carboxylic acids is 3. The summed E-state index contributed by atoms with van der Waals surface area (Å²) in [4.78, 5) is 37.0. The lowest BCUT2D eigenvalue weighted by Gasteiger charge is -2.34. The Kier molecular flexibility index (Phi) is 41.0. The first-order chi connectivity index (χ1) is 29.1. The summed E-state index contributed by atoms with van der Waals surface area (Å²) in [5.41, 5.74) is 0. The second kappa shape index (κ2) is 43.0. The molecule has 2 atom stereocenters. The third-order valence-corrected chi connectivity index (χ3v) is 11.0. The summed E-state index contributed by atoms with van der Waals surface area (Å²) in [7, 11) is 5.41. The summed E-state index contributed by atoms with van der Waals surface area (Å²) in [6.45, 7) is 4.56. The van der Waals surface area contributed by atoms with Gasteiger partial charge < -0.3 is 28.6 Å². The van der Waals surface area contributed by atoms with Crippen molar-refractivity contribution in [2.75, 3.05) is 41.0 Å². The van der Waals surface area contributed by atoms with Gasteiger partial charge >= 0.3 is 11.9 Å². The van der Waals surface area contributed by atoms with Gasteiger partial charge in [0.15, 0.2) is 6.10 Å². The number of aliphatic carboxylic acids is 1. The standard InChI is InChI=1S/C52H93NO7/c1-6-8-10-12-14-16-18-20-22-23-24-25-26-27-29-31-33-35-37-39-41-43-51(55)60-48(46-58-45-44-49(52(56)57)53(3,4)5)47-59-50(54)42-40-38-36-34-32-30-28-21-19-17-15-13-11-9-7-2/h8,10,14,16,20,22,24-25,48-49H,6-7,9,11-13,15,17-19,21,23,26-47H2,1-5H3/b10-8-,16-14-,22-20-,25-24-. The highest BCUT2D eigenvalue weighted by Gasteiger charge is 2.25. The molecule has 0 amide bonds. The van der Waals surface area contributed by atoms with Crippen LogP contribution in [0.3, 0.4) is 0 Å². The number of esters is 2. The molecule has 0 rings (SSSR count). The van der Waals surface area contributed by atoms with E-state index in [1.165, 1.54) is 109 Å². The van der Waals surface area contributed by atoms with E-state index in [1.807, 2.05) is 0 Å². The summed E-state index contributed by atoms with van der Waals surface area (Å²) in [5.74, 6) is -1.74. The summed E-state index contributed by atoms with van der Waals surface area (Å²) in [6.07, 6.45) is 51.3. The van der Waals surface area contributed by atoms with E-state index in [0.29, 0.717) is 12.8 Å². The molecule has 0 bridgehead atoms. The van der Waals surface area contributed by atoms with Crippen LogP contribution in [0.15, 0.2) is 48.6 Å². The number of allylic oxidation sites excluding steroid dienone is 8. The summed E-state index contributed by atoms with van der Waals surface area (Å²) >= 11 is 0. The molecule has 0 aromatic rings. The number of nitrogens with zero attached hydrogens (tertiary/aromatic N) is 1. The first-order valence-corrected chi connectivity index (χ1v) is 24.7. The average molecular weight is 844 g/mol.